The van der Waals surface area contributed by atoms with Crippen LogP contribution in [0, 0.1) is 0 Å². The molecule has 3 aromatic heterocycles. The molecule has 54 heavy (non-hydrogen) atoms. The van der Waals surface area contributed by atoms with Gasteiger partial charge in [0.15, 0.2) is 17.5 Å². The highest BCUT2D eigenvalue weighted by Gasteiger charge is 2.28. The average molecular weight is 705 g/mol. The van der Waals surface area contributed by atoms with Crippen LogP contribution in [-0.4, -0.2) is 19.5 Å². The third kappa shape index (κ3) is 4.15. The van der Waals surface area contributed by atoms with Crippen LogP contribution >= 0.6 is 11.3 Å². The first-order valence-corrected chi connectivity index (χ1v) is 19.0. The van der Waals surface area contributed by atoms with Gasteiger partial charge < -0.3 is 4.57 Å². The van der Waals surface area contributed by atoms with Gasteiger partial charge in [0.2, 0.25) is 0 Å². The summed E-state index contributed by atoms with van der Waals surface area (Å²) >= 11 is 1.90. The number of hydrogen-bond donors (Lipinski definition) is 0. The zero-order valence-electron chi connectivity index (χ0n) is 28.9. The van der Waals surface area contributed by atoms with Crippen LogP contribution in [0.3, 0.4) is 0 Å². The Morgan fingerprint density at radius 1 is 0.389 bits per heavy atom. The molecule has 0 unspecified atom stereocenters. The number of aromatic nitrogens is 4. The number of benzene rings is 8. The summed E-state index contributed by atoms with van der Waals surface area (Å²) in [5.74, 6) is 1.94. The molecular weight excluding hydrogens is 677 g/mol. The van der Waals surface area contributed by atoms with Gasteiger partial charge >= 0.3 is 0 Å². The summed E-state index contributed by atoms with van der Waals surface area (Å²) in [7, 11) is 0. The van der Waals surface area contributed by atoms with E-state index >= 15 is 0 Å². The largest absolute Gasteiger partial charge is 0.308 e. The van der Waals surface area contributed by atoms with Crippen LogP contribution in [0.1, 0.15) is 0 Å². The zero-order chi connectivity index (χ0) is 35.3. The first-order chi connectivity index (χ1) is 26.8. The van der Waals surface area contributed by atoms with Crippen LogP contribution in [0.15, 0.2) is 170 Å². The Morgan fingerprint density at radius 3 is 1.65 bits per heavy atom. The molecule has 250 valence electrons. The summed E-state index contributed by atoms with van der Waals surface area (Å²) in [6.45, 7) is 0. The topological polar surface area (TPSA) is 43.6 Å². The van der Waals surface area contributed by atoms with Gasteiger partial charge in [0.05, 0.1) is 11.0 Å². The standard InChI is InChI=1S/C49H28N4S/c1-3-14-29(15-4-1)47-50-48(30-16-5-2-6-17-30)52-49(51-47)31-18-11-19-32(28-31)53-39-26-13-24-36-34-21-8-7-20-33(34)35-23-12-25-38-41(35)44(42(36)39)45(53)43-37-22-9-10-27-40(37)54-46(38)43/h1-28H. The minimum Gasteiger partial charge on any atom is -0.308 e. The van der Waals surface area contributed by atoms with Crippen molar-refractivity contribution in [2.75, 3.05) is 0 Å². The SMILES string of the molecule is c1ccc(-c2nc(-c3ccccc3)nc(-c3cccc(-n4c5cccc6c5c5c7c(cccc7c7sc8ccccc8c7c54)-c4ccccc4-6)c3)n2)cc1. The third-order valence-corrected chi connectivity index (χ3v) is 12.2. The lowest BCUT2D eigenvalue weighted by atomic mass is 9.93. The van der Waals surface area contributed by atoms with Crippen molar-refractivity contribution in [1.82, 2.24) is 19.5 Å². The lowest BCUT2D eigenvalue weighted by molar-refractivity contribution is 1.07. The van der Waals surface area contributed by atoms with Crippen molar-refractivity contribution in [3.8, 4) is 62.1 Å². The fourth-order valence-electron chi connectivity index (χ4n) is 8.69. The number of fused-ring (bicyclic) bond motifs is 8. The summed E-state index contributed by atoms with van der Waals surface area (Å²) in [5.41, 5.74) is 11.4. The molecule has 8 aromatic carbocycles. The molecular formula is C49H28N4S. The van der Waals surface area contributed by atoms with Crippen LogP contribution in [0.25, 0.3) is 115 Å². The number of rotatable bonds is 4. The molecule has 0 saturated heterocycles. The van der Waals surface area contributed by atoms with Gasteiger partial charge in [-0.3, -0.25) is 0 Å². The molecule has 0 saturated carbocycles. The van der Waals surface area contributed by atoms with Crippen LogP contribution in [0.5, 0.6) is 0 Å². The minimum atomic E-state index is 0.639. The quantitative estimate of drug-likeness (QED) is 0.183. The lowest BCUT2D eigenvalue weighted by Crippen LogP contribution is -2.01. The maximum Gasteiger partial charge on any atom is 0.164 e. The van der Waals surface area contributed by atoms with Gasteiger partial charge in [-0.05, 0) is 46.5 Å². The molecule has 0 N–H and O–H groups in total. The van der Waals surface area contributed by atoms with Crippen molar-refractivity contribution in [2.24, 2.45) is 0 Å². The molecule has 0 spiro atoms. The lowest BCUT2D eigenvalue weighted by Gasteiger charge is -2.15. The Hall–Kier alpha value is -6.95. The van der Waals surface area contributed by atoms with E-state index in [-0.39, 0.29) is 0 Å². The summed E-state index contributed by atoms with van der Waals surface area (Å²) in [5, 5.41) is 7.80. The predicted octanol–water partition coefficient (Wildman–Crippen LogP) is 13.1. The third-order valence-electron chi connectivity index (χ3n) is 11.0. The van der Waals surface area contributed by atoms with Crippen molar-refractivity contribution in [2.45, 2.75) is 0 Å². The van der Waals surface area contributed by atoms with Crippen LogP contribution in [-0.2, 0) is 0 Å². The molecule has 5 heteroatoms. The molecule has 0 atom stereocenters. The Balaban J connectivity index is 1.21. The normalized spacial score (nSPS) is 12.1. The molecule has 0 aliphatic heterocycles. The maximum absolute atomic E-state index is 5.10. The van der Waals surface area contributed by atoms with Gasteiger partial charge in [0, 0.05) is 64.1 Å². The van der Waals surface area contributed by atoms with Gasteiger partial charge in [0.1, 0.15) is 0 Å². The second-order valence-electron chi connectivity index (χ2n) is 13.9. The summed E-state index contributed by atoms with van der Waals surface area (Å²) in [6.07, 6.45) is 0. The molecule has 12 rings (SSSR count). The Morgan fingerprint density at radius 2 is 0.926 bits per heavy atom. The number of nitrogens with zero attached hydrogens (tertiary/aromatic N) is 4. The van der Waals surface area contributed by atoms with E-state index in [0.29, 0.717) is 17.5 Å². The minimum absolute atomic E-state index is 0.639. The van der Waals surface area contributed by atoms with Crippen LogP contribution in [0.2, 0.25) is 0 Å². The first kappa shape index (κ1) is 29.6. The molecule has 3 heterocycles. The van der Waals surface area contributed by atoms with Crippen LogP contribution < -0.4 is 0 Å². The monoisotopic (exact) mass is 704 g/mol. The van der Waals surface area contributed by atoms with Gasteiger partial charge in [-0.1, -0.05) is 146 Å². The second-order valence-corrected chi connectivity index (χ2v) is 15.0. The molecule has 1 aliphatic rings. The van der Waals surface area contributed by atoms with E-state index in [0.717, 1.165) is 22.4 Å². The highest BCUT2D eigenvalue weighted by Crippen LogP contribution is 2.54. The fourth-order valence-corrected chi connectivity index (χ4v) is 9.93. The Bertz CT molecular complexity index is 3270. The molecule has 0 amide bonds. The first-order valence-electron chi connectivity index (χ1n) is 18.2. The Labute approximate surface area is 314 Å². The fraction of sp³-hybridized carbons (Fsp3) is 0. The second kappa shape index (κ2) is 11.3. The van der Waals surface area contributed by atoms with Crippen LogP contribution in [0.4, 0.5) is 0 Å². The van der Waals surface area contributed by atoms with Gasteiger partial charge in [-0.15, -0.1) is 11.3 Å². The molecule has 0 fully saturated rings. The molecule has 4 nitrogen and oxygen atoms in total. The van der Waals surface area contributed by atoms with Crippen molar-refractivity contribution < 1.29 is 0 Å². The van der Waals surface area contributed by atoms with E-state index < -0.39 is 0 Å². The molecule has 11 aromatic rings. The van der Waals surface area contributed by atoms with Crippen molar-refractivity contribution in [3.63, 3.8) is 0 Å². The summed E-state index contributed by atoms with van der Waals surface area (Å²) < 4.78 is 5.11. The molecule has 0 bridgehead atoms. The summed E-state index contributed by atoms with van der Waals surface area (Å²) in [4.78, 5) is 15.2. The van der Waals surface area contributed by atoms with Crippen molar-refractivity contribution >= 4 is 64.1 Å². The number of hydrogen-bond acceptors (Lipinski definition) is 4. The van der Waals surface area contributed by atoms with E-state index in [1.165, 1.54) is 75.0 Å². The predicted molar refractivity (Wildman–Crippen MR) is 225 cm³/mol. The van der Waals surface area contributed by atoms with E-state index in [9.17, 15) is 0 Å². The maximum atomic E-state index is 5.10. The van der Waals surface area contributed by atoms with E-state index in [1.807, 2.05) is 47.7 Å². The van der Waals surface area contributed by atoms with Crippen molar-refractivity contribution in [1.29, 1.82) is 0 Å². The van der Waals surface area contributed by atoms with E-state index in [2.05, 4.69) is 138 Å². The summed E-state index contributed by atoms with van der Waals surface area (Å²) in [6, 6.07) is 60.5. The van der Waals surface area contributed by atoms with E-state index in [4.69, 9.17) is 15.0 Å². The average Bonchev–Trinajstić information content (AvgIpc) is 3.77. The molecule has 1 aliphatic carbocycles. The Kier molecular flexibility index (Phi) is 6.18. The van der Waals surface area contributed by atoms with Gasteiger partial charge in [-0.25, -0.2) is 15.0 Å². The highest BCUT2D eigenvalue weighted by molar-refractivity contribution is 7.27. The zero-order valence-corrected chi connectivity index (χ0v) is 29.7. The molecule has 0 radical (unpaired) electrons. The number of thiophene rings is 1. The van der Waals surface area contributed by atoms with Crippen molar-refractivity contribution in [3.05, 3.63) is 170 Å². The smallest absolute Gasteiger partial charge is 0.164 e. The van der Waals surface area contributed by atoms with Gasteiger partial charge in [-0.2, -0.15) is 0 Å². The van der Waals surface area contributed by atoms with E-state index in [1.54, 1.807) is 0 Å². The highest BCUT2D eigenvalue weighted by atomic mass is 32.1. The van der Waals surface area contributed by atoms with Gasteiger partial charge in [0.25, 0.3) is 0 Å².